The van der Waals surface area contributed by atoms with Gasteiger partial charge in [0, 0.05) is 31.9 Å². The van der Waals surface area contributed by atoms with Crippen molar-refractivity contribution >= 4 is 11.6 Å². The van der Waals surface area contributed by atoms with E-state index in [-0.39, 0.29) is 18.3 Å². The molecule has 0 aliphatic heterocycles. The molecule has 2 aromatic rings. The van der Waals surface area contributed by atoms with Gasteiger partial charge in [0.1, 0.15) is 5.82 Å². The maximum atomic E-state index is 13.3. The Bertz CT molecular complexity index is 721. The average molecular weight is 336 g/mol. The maximum Gasteiger partial charge on any atom is 0.242 e. The van der Waals surface area contributed by atoms with Crippen LogP contribution < -0.4 is 4.90 Å². The van der Waals surface area contributed by atoms with Gasteiger partial charge in [-0.05, 0) is 36.8 Å². The van der Waals surface area contributed by atoms with Crippen LogP contribution in [0.4, 0.5) is 18.9 Å². The summed E-state index contributed by atoms with van der Waals surface area (Å²) in [5.74, 6) is -2.43. The summed E-state index contributed by atoms with van der Waals surface area (Å²) in [6.45, 7) is 2.59. The normalized spacial score (nSPS) is 10.5. The molecule has 2 rings (SSSR count). The molecule has 128 valence electrons. The van der Waals surface area contributed by atoms with Crippen molar-refractivity contribution in [3.63, 3.8) is 0 Å². The van der Waals surface area contributed by atoms with Gasteiger partial charge in [0.05, 0.1) is 6.54 Å². The van der Waals surface area contributed by atoms with Crippen molar-refractivity contribution in [2.75, 3.05) is 25.0 Å². The first-order valence-corrected chi connectivity index (χ1v) is 7.59. The Kier molecular flexibility index (Phi) is 5.84. The molecule has 0 spiro atoms. The molecule has 0 radical (unpaired) electrons. The minimum Gasteiger partial charge on any atom is -0.365 e. The summed E-state index contributed by atoms with van der Waals surface area (Å²) >= 11 is 0. The van der Waals surface area contributed by atoms with Gasteiger partial charge in [-0.2, -0.15) is 0 Å². The van der Waals surface area contributed by atoms with Crippen molar-refractivity contribution in [3.05, 3.63) is 65.5 Å². The van der Waals surface area contributed by atoms with Crippen molar-refractivity contribution in [3.8, 4) is 0 Å². The van der Waals surface area contributed by atoms with Gasteiger partial charge in [0.25, 0.3) is 0 Å². The largest absolute Gasteiger partial charge is 0.365 e. The fourth-order valence-corrected chi connectivity index (χ4v) is 2.35. The summed E-state index contributed by atoms with van der Waals surface area (Å²) in [5, 5.41) is 0. The highest BCUT2D eigenvalue weighted by Gasteiger charge is 2.16. The number of rotatable bonds is 6. The van der Waals surface area contributed by atoms with Crippen molar-refractivity contribution in [2.45, 2.75) is 13.5 Å². The highest BCUT2D eigenvalue weighted by atomic mass is 19.2. The zero-order valence-electron chi connectivity index (χ0n) is 13.6. The highest BCUT2D eigenvalue weighted by Crippen LogP contribution is 2.17. The van der Waals surface area contributed by atoms with Crippen LogP contribution in [0.1, 0.15) is 12.5 Å². The molecule has 0 bridgehead atoms. The van der Waals surface area contributed by atoms with Crippen molar-refractivity contribution in [1.29, 1.82) is 0 Å². The summed E-state index contributed by atoms with van der Waals surface area (Å²) < 4.78 is 39.5. The lowest BCUT2D eigenvalue weighted by atomic mass is 10.2. The van der Waals surface area contributed by atoms with Crippen LogP contribution >= 0.6 is 0 Å². The summed E-state index contributed by atoms with van der Waals surface area (Å²) in [7, 11) is 1.63. The Labute approximate surface area is 139 Å². The van der Waals surface area contributed by atoms with Gasteiger partial charge >= 0.3 is 0 Å². The van der Waals surface area contributed by atoms with Crippen LogP contribution in [-0.4, -0.2) is 30.9 Å². The number of carbonyl (C=O) groups is 1. The van der Waals surface area contributed by atoms with E-state index in [0.717, 1.165) is 12.1 Å². The number of amides is 1. The molecule has 2 aromatic carbocycles. The first kappa shape index (κ1) is 17.8. The van der Waals surface area contributed by atoms with Gasteiger partial charge in [0.2, 0.25) is 5.91 Å². The van der Waals surface area contributed by atoms with E-state index >= 15 is 0 Å². The van der Waals surface area contributed by atoms with Gasteiger partial charge in [-0.25, -0.2) is 13.2 Å². The lowest BCUT2D eigenvalue weighted by molar-refractivity contribution is -0.130. The molecule has 0 aromatic heterocycles. The second-order valence-electron chi connectivity index (χ2n) is 5.49. The first-order chi connectivity index (χ1) is 11.4. The van der Waals surface area contributed by atoms with Gasteiger partial charge < -0.3 is 9.80 Å². The molecular formula is C18H19F3N2O. The standard InChI is InChI=1S/C18H19F3N2O/c1-3-23(11-13-5-4-6-14(19)9-13)18(24)12-22(2)15-7-8-16(20)17(21)10-15/h4-10H,3,11-12H2,1-2H3. The number of likely N-dealkylation sites (N-methyl/N-ethyl adjacent to an activating group) is 2. The molecule has 0 atom stereocenters. The molecule has 0 saturated heterocycles. The fourth-order valence-electron chi connectivity index (χ4n) is 2.35. The Balaban J connectivity index is 2.04. The average Bonchev–Trinajstić information content (AvgIpc) is 2.55. The van der Waals surface area contributed by atoms with Gasteiger partial charge in [0.15, 0.2) is 11.6 Å². The molecule has 0 N–H and O–H groups in total. The van der Waals surface area contributed by atoms with Crippen LogP contribution in [0.5, 0.6) is 0 Å². The van der Waals surface area contributed by atoms with Gasteiger partial charge in [-0.15, -0.1) is 0 Å². The second-order valence-corrected chi connectivity index (χ2v) is 5.49. The Morgan fingerprint density at radius 3 is 2.42 bits per heavy atom. The third kappa shape index (κ3) is 4.50. The second kappa shape index (κ2) is 7.86. The van der Waals surface area contributed by atoms with E-state index < -0.39 is 11.6 Å². The van der Waals surface area contributed by atoms with Gasteiger partial charge in [-0.3, -0.25) is 4.79 Å². The molecule has 0 fully saturated rings. The number of halogens is 3. The smallest absolute Gasteiger partial charge is 0.242 e. The summed E-state index contributed by atoms with van der Waals surface area (Å²) in [6.07, 6.45) is 0. The van der Waals surface area contributed by atoms with E-state index in [2.05, 4.69) is 0 Å². The third-order valence-electron chi connectivity index (χ3n) is 3.71. The van der Waals surface area contributed by atoms with E-state index in [1.165, 1.54) is 18.2 Å². The molecule has 0 aliphatic rings. The van der Waals surface area contributed by atoms with Crippen LogP contribution in [0.15, 0.2) is 42.5 Å². The summed E-state index contributed by atoms with van der Waals surface area (Å²) in [4.78, 5) is 15.5. The predicted molar refractivity (Wildman–Crippen MR) is 87.1 cm³/mol. The number of hydrogen-bond donors (Lipinski definition) is 0. The number of anilines is 1. The van der Waals surface area contributed by atoms with Crippen LogP contribution in [0.3, 0.4) is 0 Å². The van der Waals surface area contributed by atoms with Crippen LogP contribution in [-0.2, 0) is 11.3 Å². The minimum atomic E-state index is -0.959. The van der Waals surface area contributed by atoms with E-state index in [9.17, 15) is 18.0 Å². The number of hydrogen-bond acceptors (Lipinski definition) is 2. The summed E-state index contributed by atoms with van der Waals surface area (Å²) in [5.41, 5.74) is 1.10. The van der Waals surface area contributed by atoms with E-state index in [1.54, 1.807) is 29.0 Å². The first-order valence-electron chi connectivity index (χ1n) is 7.59. The molecule has 0 saturated carbocycles. The molecule has 1 amide bonds. The maximum absolute atomic E-state index is 13.3. The minimum absolute atomic E-state index is 0.00816. The number of benzene rings is 2. The number of nitrogens with zero attached hydrogens (tertiary/aromatic N) is 2. The monoisotopic (exact) mass is 336 g/mol. The van der Waals surface area contributed by atoms with Crippen LogP contribution in [0.2, 0.25) is 0 Å². The van der Waals surface area contributed by atoms with Crippen molar-refractivity contribution < 1.29 is 18.0 Å². The molecule has 3 nitrogen and oxygen atoms in total. The van der Waals surface area contributed by atoms with E-state index in [0.29, 0.717) is 24.3 Å². The zero-order valence-corrected chi connectivity index (χ0v) is 13.6. The van der Waals surface area contributed by atoms with Gasteiger partial charge in [-0.1, -0.05) is 12.1 Å². The lowest BCUT2D eigenvalue weighted by Crippen LogP contribution is -2.38. The SMILES string of the molecule is CCN(Cc1cccc(F)c1)C(=O)CN(C)c1ccc(F)c(F)c1. The quantitative estimate of drug-likeness (QED) is 0.805. The molecule has 24 heavy (non-hydrogen) atoms. The molecule has 0 heterocycles. The summed E-state index contributed by atoms with van der Waals surface area (Å²) in [6, 6.07) is 9.55. The highest BCUT2D eigenvalue weighted by molar-refractivity contribution is 5.81. The Hall–Kier alpha value is -2.50. The Morgan fingerprint density at radius 1 is 1.04 bits per heavy atom. The predicted octanol–water partition coefficient (Wildman–Crippen LogP) is 3.59. The van der Waals surface area contributed by atoms with Crippen molar-refractivity contribution in [2.24, 2.45) is 0 Å². The lowest BCUT2D eigenvalue weighted by Gasteiger charge is -2.25. The molecule has 0 aliphatic carbocycles. The topological polar surface area (TPSA) is 23.6 Å². The van der Waals surface area contributed by atoms with E-state index in [1.807, 2.05) is 6.92 Å². The Morgan fingerprint density at radius 2 is 1.79 bits per heavy atom. The molecular weight excluding hydrogens is 317 g/mol. The number of carbonyl (C=O) groups excluding carboxylic acids is 1. The van der Waals surface area contributed by atoms with Crippen molar-refractivity contribution in [1.82, 2.24) is 4.90 Å². The fraction of sp³-hybridized carbons (Fsp3) is 0.278. The molecule has 0 unspecified atom stereocenters. The zero-order chi connectivity index (χ0) is 17.7. The van der Waals surface area contributed by atoms with E-state index in [4.69, 9.17) is 0 Å². The third-order valence-corrected chi connectivity index (χ3v) is 3.71. The van der Waals surface area contributed by atoms with Crippen LogP contribution in [0, 0.1) is 17.5 Å². The van der Waals surface area contributed by atoms with Crippen LogP contribution in [0.25, 0.3) is 0 Å². The molecule has 6 heteroatoms.